The molecule has 1 fully saturated rings. The second-order valence-corrected chi connectivity index (χ2v) is 5.27. The van der Waals surface area contributed by atoms with Gasteiger partial charge in [0.25, 0.3) is 0 Å². The van der Waals surface area contributed by atoms with Crippen LogP contribution < -0.4 is 5.32 Å². The molecule has 1 aromatic rings. The maximum atomic E-state index is 11.9. The van der Waals surface area contributed by atoms with Gasteiger partial charge in [-0.2, -0.15) is 0 Å². The molecule has 1 heterocycles. The van der Waals surface area contributed by atoms with Crippen molar-refractivity contribution in [3.8, 4) is 0 Å². The number of carboxylic acid groups (broad SMARTS) is 1. The molecule has 1 atom stereocenters. The van der Waals surface area contributed by atoms with Gasteiger partial charge in [-0.25, -0.2) is 0 Å². The van der Waals surface area contributed by atoms with Crippen molar-refractivity contribution < 1.29 is 19.5 Å². The van der Waals surface area contributed by atoms with Crippen molar-refractivity contribution in [1.82, 2.24) is 10.2 Å². The van der Waals surface area contributed by atoms with Gasteiger partial charge in [-0.3, -0.25) is 14.4 Å². The molecule has 0 aliphatic carbocycles. The minimum atomic E-state index is -1.09. The van der Waals surface area contributed by atoms with Crippen LogP contribution in [0.1, 0.15) is 17.5 Å². The number of benzene rings is 1. The number of hydrogen-bond donors (Lipinski definition) is 2. The van der Waals surface area contributed by atoms with E-state index in [0.717, 1.165) is 11.1 Å². The Labute approximate surface area is 122 Å². The lowest BCUT2D eigenvalue weighted by molar-refractivity contribution is -0.138. The van der Waals surface area contributed by atoms with Crippen LogP contribution in [0.25, 0.3) is 0 Å². The lowest BCUT2D eigenvalue weighted by Crippen LogP contribution is -2.35. The summed E-state index contributed by atoms with van der Waals surface area (Å²) >= 11 is 0. The molecule has 2 amide bonds. The normalized spacial score (nSPS) is 17.9. The first kappa shape index (κ1) is 15.0. The molecule has 2 rings (SSSR count). The Bertz CT molecular complexity index is 553. The van der Waals surface area contributed by atoms with Gasteiger partial charge in [-0.15, -0.1) is 0 Å². The fraction of sp³-hybridized carbons (Fsp3) is 0.400. The van der Waals surface area contributed by atoms with Crippen LogP contribution >= 0.6 is 0 Å². The second-order valence-electron chi connectivity index (χ2n) is 5.27. The number of carbonyl (C=O) groups is 3. The number of likely N-dealkylation sites (tertiary alicyclic amines) is 1. The van der Waals surface area contributed by atoms with Crippen molar-refractivity contribution in [3.05, 3.63) is 35.4 Å². The number of aliphatic carboxylic acids is 1. The Kier molecular flexibility index (Phi) is 4.57. The Hall–Kier alpha value is -2.37. The van der Waals surface area contributed by atoms with E-state index in [1.54, 1.807) is 4.90 Å². The molecule has 2 N–H and O–H groups in total. The zero-order chi connectivity index (χ0) is 15.4. The van der Waals surface area contributed by atoms with Crippen molar-refractivity contribution >= 4 is 17.8 Å². The van der Waals surface area contributed by atoms with Crippen LogP contribution in [-0.2, 0) is 20.9 Å². The van der Waals surface area contributed by atoms with Crippen molar-refractivity contribution in [1.29, 1.82) is 0 Å². The molecule has 0 aromatic heterocycles. The van der Waals surface area contributed by atoms with Gasteiger partial charge < -0.3 is 15.3 Å². The van der Waals surface area contributed by atoms with E-state index in [9.17, 15) is 14.4 Å². The van der Waals surface area contributed by atoms with Crippen LogP contribution in [0.5, 0.6) is 0 Å². The molecule has 1 aliphatic rings. The summed E-state index contributed by atoms with van der Waals surface area (Å²) in [6.07, 6.45) is 0.136. The Morgan fingerprint density at radius 1 is 1.33 bits per heavy atom. The lowest BCUT2D eigenvalue weighted by Gasteiger charge is -2.16. The largest absolute Gasteiger partial charge is 0.480 e. The van der Waals surface area contributed by atoms with Crippen molar-refractivity contribution in [3.63, 3.8) is 0 Å². The third kappa shape index (κ3) is 4.05. The monoisotopic (exact) mass is 290 g/mol. The first-order valence-corrected chi connectivity index (χ1v) is 6.78. The second kappa shape index (κ2) is 6.39. The summed E-state index contributed by atoms with van der Waals surface area (Å²) < 4.78 is 0. The SMILES string of the molecule is Cc1ccc(CN2CC(C(=O)NCC(=O)O)CC2=O)cc1. The van der Waals surface area contributed by atoms with Crippen molar-refractivity contribution in [2.75, 3.05) is 13.1 Å². The summed E-state index contributed by atoms with van der Waals surface area (Å²) in [5.41, 5.74) is 2.16. The summed E-state index contributed by atoms with van der Waals surface area (Å²) in [6, 6.07) is 7.88. The predicted molar refractivity (Wildman–Crippen MR) is 75.3 cm³/mol. The van der Waals surface area contributed by atoms with Crippen LogP contribution in [0.2, 0.25) is 0 Å². The standard InChI is InChI=1S/C15H18N2O4/c1-10-2-4-11(5-3-10)8-17-9-12(6-13(17)18)15(21)16-7-14(19)20/h2-5,12H,6-9H2,1H3,(H,16,21)(H,19,20). The average molecular weight is 290 g/mol. The number of nitrogens with zero attached hydrogens (tertiary/aromatic N) is 1. The highest BCUT2D eigenvalue weighted by Gasteiger charge is 2.34. The molecule has 112 valence electrons. The topological polar surface area (TPSA) is 86.7 Å². The van der Waals surface area contributed by atoms with Gasteiger partial charge in [0.15, 0.2) is 0 Å². The Morgan fingerprint density at radius 2 is 2.00 bits per heavy atom. The third-order valence-electron chi connectivity index (χ3n) is 3.49. The van der Waals surface area contributed by atoms with E-state index in [1.165, 1.54) is 0 Å². The molecule has 1 saturated heterocycles. The minimum Gasteiger partial charge on any atom is -0.480 e. The summed E-state index contributed by atoms with van der Waals surface area (Å²) in [4.78, 5) is 35.8. The highest BCUT2D eigenvalue weighted by molar-refractivity contribution is 5.90. The van der Waals surface area contributed by atoms with Gasteiger partial charge in [0.1, 0.15) is 6.54 Å². The third-order valence-corrected chi connectivity index (χ3v) is 3.49. The van der Waals surface area contributed by atoms with E-state index in [-0.39, 0.29) is 18.2 Å². The molecule has 6 heteroatoms. The lowest BCUT2D eigenvalue weighted by atomic mass is 10.1. The molecule has 0 bridgehead atoms. The van der Waals surface area contributed by atoms with Crippen LogP contribution in [-0.4, -0.2) is 40.9 Å². The zero-order valence-corrected chi connectivity index (χ0v) is 11.8. The number of amides is 2. The molecular formula is C15H18N2O4. The maximum absolute atomic E-state index is 11.9. The first-order valence-electron chi connectivity index (χ1n) is 6.78. The molecule has 0 spiro atoms. The van der Waals surface area contributed by atoms with E-state index in [4.69, 9.17) is 5.11 Å². The van der Waals surface area contributed by atoms with Crippen LogP contribution in [0.4, 0.5) is 0 Å². The summed E-state index contributed by atoms with van der Waals surface area (Å²) in [6.45, 7) is 2.38. The molecular weight excluding hydrogens is 272 g/mol. The van der Waals surface area contributed by atoms with Crippen LogP contribution in [0.3, 0.4) is 0 Å². The smallest absolute Gasteiger partial charge is 0.322 e. The van der Waals surface area contributed by atoms with Crippen LogP contribution in [0.15, 0.2) is 24.3 Å². The summed E-state index contributed by atoms with van der Waals surface area (Å²) in [5, 5.41) is 10.9. The highest BCUT2D eigenvalue weighted by Crippen LogP contribution is 2.20. The van der Waals surface area contributed by atoms with Gasteiger partial charge in [-0.05, 0) is 12.5 Å². The van der Waals surface area contributed by atoms with Gasteiger partial charge in [0.05, 0.1) is 5.92 Å². The quantitative estimate of drug-likeness (QED) is 0.829. The molecule has 1 aliphatic heterocycles. The minimum absolute atomic E-state index is 0.0777. The van der Waals surface area contributed by atoms with Gasteiger partial charge >= 0.3 is 5.97 Å². The van der Waals surface area contributed by atoms with E-state index >= 15 is 0 Å². The number of carboxylic acids is 1. The maximum Gasteiger partial charge on any atom is 0.322 e. The number of hydrogen-bond acceptors (Lipinski definition) is 3. The van der Waals surface area contributed by atoms with Crippen LogP contribution in [0, 0.1) is 12.8 Å². The first-order chi connectivity index (χ1) is 9.95. The van der Waals surface area contributed by atoms with Crippen molar-refractivity contribution in [2.24, 2.45) is 5.92 Å². The fourth-order valence-electron chi connectivity index (χ4n) is 2.32. The fourth-order valence-corrected chi connectivity index (χ4v) is 2.32. The number of nitrogens with one attached hydrogen (secondary N) is 1. The number of rotatable bonds is 5. The van der Waals surface area contributed by atoms with Gasteiger partial charge in [0, 0.05) is 19.5 Å². The van der Waals surface area contributed by atoms with Gasteiger partial charge in [-0.1, -0.05) is 29.8 Å². The van der Waals surface area contributed by atoms with E-state index < -0.39 is 18.4 Å². The molecule has 1 unspecified atom stereocenters. The van der Waals surface area contributed by atoms with Crippen molar-refractivity contribution in [2.45, 2.75) is 19.9 Å². The molecule has 0 radical (unpaired) electrons. The van der Waals surface area contributed by atoms with E-state index in [1.807, 2.05) is 31.2 Å². The van der Waals surface area contributed by atoms with E-state index in [0.29, 0.717) is 13.1 Å². The summed E-state index contributed by atoms with van der Waals surface area (Å²) in [5.74, 6) is -2.02. The number of aryl methyl sites for hydroxylation is 1. The Balaban J connectivity index is 1.91. The molecule has 21 heavy (non-hydrogen) atoms. The zero-order valence-electron chi connectivity index (χ0n) is 11.8. The van der Waals surface area contributed by atoms with Gasteiger partial charge in [0.2, 0.25) is 11.8 Å². The highest BCUT2D eigenvalue weighted by atomic mass is 16.4. The summed E-state index contributed by atoms with van der Waals surface area (Å²) in [7, 11) is 0. The molecule has 0 saturated carbocycles. The molecule has 1 aromatic carbocycles. The average Bonchev–Trinajstić information content (AvgIpc) is 2.80. The predicted octanol–water partition coefficient (Wildman–Crippen LogP) is 0.544. The number of carbonyl (C=O) groups excluding carboxylic acids is 2. The Morgan fingerprint density at radius 3 is 2.62 bits per heavy atom. The van der Waals surface area contributed by atoms with E-state index in [2.05, 4.69) is 5.32 Å². The molecule has 6 nitrogen and oxygen atoms in total.